The number of hydrogen-bond acceptors (Lipinski definition) is 3. The van der Waals surface area contributed by atoms with Gasteiger partial charge in [-0.25, -0.2) is 4.18 Å². The molecule has 0 aliphatic carbocycles. The molecule has 0 aromatic rings. The molecule has 0 radical (unpaired) electrons. The van der Waals surface area contributed by atoms with Gasteiger partial charge < -0.3 is 0 Å². The second kappa shape index (κ2) is 18.2. The van der Waals surface area contributed by atoms with E-state index in [0.29, 0.717) is 6.42 Å². The number of unbranched alkanes of at least 4 members (excludes halogenated alkanes) is 11. The van der Waals surface area contributed by atoms with Gasteiger partial charge in [-0.15, -0.1) is 0 Å². The zero-order valence-corrected chi connectivity index (χ0v) is 16.8. The Labute approximate surface area is 155 Å². The molecule has 0 aromatic carbocycles. The van der Waals surface area contributed by atoms with Crippen molar-refractivity contribution >= 4 is 10.4 Å². The van der Waals surface area contributed by atoms with Crippen molar-refractivity contribution in [2.24, 2.45) is 0 Å². The average Bonchev–Trinajstić information content (AvgIpc) is 2.56. The molecule has 5 heteroatoms. The maximum atomic E-state index is 10.3. The molecule has 0 heterocycles. The lowest BCUT2D eigenvalue weighted by atomic mass is 10.1. The van der Waals surface area contributed by atoms with Crippen LogP contribution in [0.25, 0.3) is 0 Å². The summed E-state index contributed by atoms with van der Waals surface area (Å²) >= 11 is 0. The minimum absolute atomic E-state index is 0.0824. The topological polar surface area (TPSA) is 63.6 Å². The molecule has 0 aromatic heterocycles. The summed E-state index contributed by atoms with van der Waals surface area (Å²) in [6.07, 6.45) is 25.5. The highest BCUT2D eigenvalue weighted by atomic mass is 32.3. The SMILES string of the molecule is CCCCC/C=C\C/C=C\CCCCCCCCCCOS(=O)(=O)O. The van der Waals surface area contributed by atoms with Crippen molar-refractivity contribution in [2.45, 2.75) is 96.8 Å². The van der Waals surface area contributed by atoms with E-state index in [1.54, 1.807) is 0 Å². The Morgan fingerprint density at radius 3 is 1.72 bits per heavy atom. The maximum Gasteiger partial charge on any atom is 0.397 e. The molecule has 4 nitrogen and oxygen atoms in total. The van der Waals surface area contributed by atoms with Gasteiger partial charge in [-0.2, -0.15) is 8.42 Å². The molecular formula is C20H38O4S. The second-order valence-electron chi connectivity index (χ2n) is 6.54. The fourth-order valence-electron chi connectivity index (χ4n) is 2.61. The molecule has 0 saturated carbocycles. The van der Waals surface area contributed by atoms with E-state index in [0.717, 1.165) is 19.3 Å². The standard InChI is InChI=1S/C20H38O4S/c1-2-3-4-5-6-7-8-9-10-11-12-13-14-15-16-17-18-19-20-24-25(21,22)23/h6-7,9-10H,2-5,8,11-20H2,1H3,(H,21,22,23)/b7-6-,10-9-. The van der Waals surface area contributed by atoms with Gasteiger partial charge in [-0.05, 0) is 38.5 Å². The zero-order valence-electron chi connectivity index (χ0n) is 16.0. The fourth-order valence-corrected chi connectivity index (χ4v) is 2.94. The van der Waals surface area contributed by atoms with Crippen LogP contribution in [0, 0.1) is 0 Å². The predicted molar refractivity (Wildman–Crippen MR) is 106 cm³/mol. The van der Waals surface area contributed by atoms with E-state index in [1.807, 2.05) is 0 Å². The first-order valence-electron chi connectivity index (χ1n) is 9.98. The molecule has 0 unspecified atom stereocenters. The minimum atomic E-state index is -4.26. The third-order valence-electron chi connectivity index (χ3n) is 4.08. The van der Waals surface area contributed by atoms with Gasteiger partial charge in [0.15, 0.2) is 0 Å². The van der Waals surface area contributed by atoms with Gasteiger partial charge in [0.2, 0.25) is 0 Å². The van der Waals surface area contributed by atoms with Crippen LogP contribution in [0.5, 0.6) is 0 Å². The second-order valence-corrected chi connectivity index (χ2v) is 7.63. The van der Waals surface area contributed by atoms with Gasteiger partial charge >= 0.3 is 10.4 Å². The van der Waals surface area contributed by atoms with Gasteiger partial charge in [0.25, 0.3) is 0 Å². The quantitative estimate of drug-likeness (QED) is 0.171. The highest BCUT2D eigenvalue weighted by Crippen LogP contribution is 2.10. The van der Waals surface area contributed by atoms with E-state index in [1.165, 1.54) is 64.2 Å². The Morgan fingerprint density at radius 2 is 1.20 bits per heavy atom. The molecule has 0 fully saturated rings. The molecule has 0 atom stereocenters. The summed E-state index contributed by atoms with van der Waals surface area (Å²) in [6, 6.07) is 0. The van der Waals surface area contributed by atoms with Crippen molar-refractivity contribution in [2.75, 3.05) is 6.61 Å². The maximum absolute atomic E-state index is 10.3. The summed E-state index contributed by atoms with van der Waals surface area (Å²) in [5.41, 5.74) is 0. The lowest BCUT2D eigenvalue weighted by molar-refractivity contribution is 0.261. The van der Waals surface area contributed by atoms with Crippen LogP contribution >= 0.6 is 0 Å². The van der Waals surface area contributed by atoms with Crippen molar-refractivity contribution in [3.05, 3.63) is 24.3 Å². The molecule has 0 rings (SSSR count). The summed E-state index contributed by atoms with van der Waals surface area (Å²) in [7, 11) is -4.26. The van der Waals surface area contributed by atoms with E-state index in [2.05, 4.69) is 35.4 Å². The van der Waals surface area contributed by atoms with Gasteiger partial charge in [0.05, 0.1) is 6.61 Å². The number of rotatable bonds is 18. The molecule has 0 amide bonds. The molecule has 25 heavy (non-hydrogen) atoms. The van der Waals surface area contributed by atoms with E-state index in [-0.39, 0.29) is 6.61 Å². The van der Waals surface area contributed by atoms with Crippen molar-refractivity contribution < 1.29 is 17.2 Å². The zero-order chi connectivity index (χ0) is 18.6. The Morgan fingerprint density at radius 1 is 0.720 bits per heavy atom. The number of allylic oxidation sites excluding steroid dienone is 4. The molecule has 0 spiro atoms. The van der Waals surface area contributed by atoms with Crippen LogP contribution in [0.1, 0.15) is 96.8 Å². The largest absolute Gasteiger partial charge is 0.397 e. The van der Waals surface area contributed by atoms with Crippen molar-refractivity contribution in [1.82, 2.24) is 0 Å². The minimum Gasteiger partial charge on any atom is -0.264 e. The third kappa shape index (κ3) is 23.4. The first-order valence-corrected chi connectivity index (χ1v) is 11.3. The van der Waals surface area contributed by atoms with Crippen LogP contribution in [0.15, 0.2) is 24.3 Å². The van der Waals surface area contributed by atoms with E-state index in [4.69, 9.17) is 4.55 Å². The van der Waals surface area contributed by atoms with Crippen LogP contribution < -0.4 is 0 Å². The van der Waals surface area contributed by atoms with E-state index >= 15 is 0 Å². The first-order chi connectivity index (χ1) is 12.1. The summed E-state index contributed by atoms with van der Waals surface area (Å²) in [5.74, 6) is 0. The molecule has 0 aliphatic rings. The highest BCUT2D eigenvalue weighted by Gasteiger charge is 2.02. The van der Waals surface area contributed by atoms with E-state index < -0.39 is 10.4 Å². The van der Waals surface area contributed by atoms with Crippen LogP contribution in [0.2, 0.25) is 0 Å². The number of hydrogen-bond donors (Lipinski definition) is 1. The van der Waals surface area contributed by atoms with Gasteiger partial charge in [-0.1, -0.05) is 82.6 Å². The predicted octanol–water partition coefficient (Wildman–Crippen LogP) is 6.40. The Bertz CT molecular complexity index is 427. The van der Waals surface area contributed by atoms with Crippen LogP contribution in [-0.2, 0) is 14.6 Å². The molecular weight excluding hydrogens is 336 g/mol. The van der Waals surface area contributed by atoms with E-state index in [9.17, 15) is 8.42 Å². The van der Waals surface area contributed by atoms with Crippen molar-refractivity contribution in [1.29, 1.82) is 0 Å². The summed E-state index contributed by atoms with van der Waals surface area (Å²) in [6.45, 7) is 2.32. The van der Waals surface area contributed by atoms with Crippen LogP contribution in [-0.4, -0.2) is 19.6 Å². The molecule has 148 valence electrons. The Kier molecular flexibility index (Phi) is 17.7. The Hall–Kier alpha value is -0.650. The lowest BCUT2D eigenvalue weighted by Crippen LogP contribution is -2.04. The summed E-state index contributed by atoms with van der Waals surface area (Å²) in [4.78, 5) is 0. The molecule has 0 bridgehead atoms. The smallest absolute Gasteiger partial charge is 0.264 e. The first kappa shape index (κ1) is 24.4. The van der Waals surface area contributed by atoms with Crippen molar-refractivity contribution in [3.8, 4) is 0 Å². The van der Waals surface area contributed by atoms with Crippen LogP contribution in [0.4, 0.5) is 0 Å². The molecule has 0 saturated heterocycles. The lowest BCUT2D eigenvalue weighted by Gasteiger charge is -2.02. The average molecular weight is 375 g/mol. The monoisotopic (exact) mass is 374 g/mol. The normalized spacial score (nSPS) is 12.6. The fraction of sp³-hybridized carbons (Fsp3) is 0.800. The van der Waals surface area contributed by atoms with Crippen molar-refractivity contribution in [3.63, 3.8) is 0 Å². The summed E-state index contributed by atoms with van der Waals surface area (Å²) in [5, 5.41) is 0. The Balaban J connectivity index is 3.19. The van der Waals surface area contributed by atoms with Gasteiger partial charge in [0, 0.05) is 0 Å². The van der Waals surface area contributed by atoms with Gasteiger partial charge in [0.1, 0.15) is 0 Å². The third-order valence-corrected chi connectivity index (χ3v) is 4.54. The van der Waals surface area contributed by atoms with Crippen LogP contribution in [0.3, 0.4) is 0 Å². The molecule has 0 aliphatic heterocycles. The van der Waals surface area contributed by atoms with Gasteiger partial charge in [-0.3, -0.25) is 4.55 Å². The summed E-state index contributed by atoms with van der Waals surface area (Å²) < 4.78 is 33.4. The molecule has 1 N–H and O–H groups in total. The highest BCUT2D eigenvalue weighted by molar-refractivity contribution is 7.80.